The van der Waals surface area contributed by atoms with Crippen LogP contribution < -0.4 is 11.2 Å². The van der Waals surface area contributed by atoms with Crippen molar-refractivity contribution in [1.29, 1.82) is 0 Å². The molecular weight excluding hydrogens is 293 g/mol. The molecule has 104 valence electrons. The fraction of sp³-hybridized carbons (Fsp3) is 0.0909. The zero-order valence-electron chi connectivity index (χ0n) is 9.80. The first kappa shape index (κ1) is 13.9. The third-order valence-electron chi connectivity index (χ3n) is 2.55. The molecule has 2 aromatic rings. The van der Waals surface area contributed by atoms with Gasteiger partial charge >= 0.3 is 5.69 Å². The van der Waals surface area contributed by atoms with Crippen LogP contribution in [0.5, 0.6) is 0 Å². The Bertz CT molecular complexity index is 799. The van der Waals surface area contributed by atoms with Crippen molar-refractivity contribution in [3.8, 4) is 0 Å². The molecule has 0 aliphatic rings. The maximum absolute atomic E-state index is 13.1. The van der Waals surface area contributed by atoms with Crippen LogP contribution in [0.2, 0.25) is 5.02 Å². The molecule has 0 atom stereocenters. The molecule has 0 fully saturated rings. The first-order chi connectivity index (χ1) is 9.38. The number of nitrogens with one attached hydrogen (secondary N) is 1. The number of benzene rings is 1. The highest BCUT2D eigenvalue weighted by Crippen LogP contribution is 2.22. The minimum absolute atomic E-state index is 0.189. The van der Waals surface area contributed by atoms with Crippen LogP contribution >= 0.6 is 11.6 Å². The number of nitro groups is 1. The Morgan fingerprint density at radius 2 is 2.10 bits per heavy atom. The van der Waals surface area contributed by atoms with Gasteiger partial charge in [0.1, 0.15) is 0 Å². The summed E-state index contributed by atoms with van der Waals surface area (Å²) < 4.78 is 14.0. The maximum Gasteiger partial charge on any atom is 0.328 e. The molecule has 1 aromatic heterocycles. The van der Waals surface area contributed by atoms with Gasteiger partial charge in [-0.15, -0.1) is 0 Å². The number of aromatic amines is 1. The van der Waals surface area contributed by atoms with Gasteiger partial charge in [0.05, 0.1) is 17.7 Å². The zero-order chi connectivity index (χ0) is 14.9. The van der Waals surface area contributed by atoms with Crippen molar-refractivity contribution in [3.05, 3.63) is 71.8 Å². The number of H-pyrrole nitrogens is 1. The lowest BCUT2D eigenvalue weighted by atomic mass is 10.2. The number of nitro benzene ring substituents is 1. The summed E-state index contributed by atoms with van der Waals surface area (Å²) >= 11 is 5.87. The van der Waals surface area contributed by atoms with Crippen molar-refractivity contribution in [2.75, 3.05) is 0 Å². The smallest absolute Gasteiger partial charge is 0.293 e. The predicted octanol–water partition coefficient (Wildman–Crippen LogP) is 1.29. The van der Waals surface area contributed by atoms with E-state index in [1.807, 2.05) is 0 Å². The van der Waals surface area contributed by atoms with E-state index in [4.69, 9.17) is 11.6 Å². The number of non-ortho nitro benzene ring substituents is 1. The normalized spacial score (nSPS) is 10.5. The molecule has 0 aliphatic heterocycles. The SMILES string of the molecule is O=c1[nH]c(=O)n(Cc2cc([N+](=O)[O-])ccc2Cl)cc1F. The maximum atomic E-state index is 13.1. The third-order valence-corrected chi connectivity index (χ3v) is 2.92. The Morgan fingerprint density at radius 3 is 2.75 bits per heavy atom. The van der Waals surface area contributed by atoms with E-state index in [0.717, 1.165) is 10.8 Å². The summed E-state index contributed by atoms with van der Waals surface area (Å²) in [5.41, 5.74) is -1.91. The third kappa shape index (κ3) is 2.75. The molecule has 20 heavy (non-hydrogen) atoms. The van der Waals surface area contributed by atoms with E-state index in [1.54, 1.807) is 4.98 Å². The zero-order valence-corrected chi connectivity index (χ0v) is 10.6. The molecule has 9 heteroatoms. The topological polar surface area (TPSA) is 98.0 Å². The van der Waals surface area contributed by atoms with Crippen molar-refractivity contribution < 1.29 is 9.31 Å². The van der Waals surface area contributed by atoms with Gasteiger partial charge in [0, 0.05) is 17.2 Å². The molecule has 0 bridgehead atoms. The van der Waals surface area contributed by atoms with Gasteiger partial charge in [-0.25, -0.2) is 4.79 Å². The predicted molar refractivity (Wildman–Crippen MR) is 68.5 cm³/mol. The molecule has 0 radical (unpaired) electrons. The van der Waals surface area contributed by atoms with Crippen LogP contribution in [0, 0.1) is 15.9 Å². The molecule has 2 rings (SSSR count). The number of aromatic nitrogens is 2. The highest BCUT2D eigenvalue weighted by Gasteiger charge is 2.12. The molecule has 1 aromatic carbocycles. The highest BCUT2D eigenvalue weighted by atomic mass is 35.5. The van der Waals surface area contributed by atoms with Crippen LogP contribution in [-0.2, 0) is 6.54 Å². The van der Waals surface area contributed by atoms with Gasteiger partial charge in [-0.2, -0.15) is 4.39 Å². The number of halogens is 2. The Balaban J connectivity index is 2.47. The monoisotopic (exact) mass is 299 g/mol. The van der Waals surface area contributed by atoms with Crippen molar-refractivity contribution in [1.82, 2.24) is 9.55 Å². The molecule has 0 spiro atoms. The number of hydrogen-bond acceptors (Lipinski definition) is 4. The minimum atomic E-state index is -1.13. The molecule has 1 N–H and O–H groups in total. The lowest BCUT2D eigenvalue weighted by molar-refractivity contribution is -0.384. The van der Waals surface area contributed by atoms with Gasteiger partial charge in [-0.1, -0.05) is 11.6 Å². The Labute approximate surface area is 115 Å². The minimum Gasteiger partial charge on any atom is -0.293 e. The lowest BCUT2D eigenvalue weighted by Crippen LogP contribution is -2.31. The van der Waals surface area contributed by atoms with Gasteiger partial charge in [-0.05, 0) is 11.6 Å². The molecule has 7 nitrogen and oxygen atoms in total. The van der Waals surface area contributed by atoms with Crippen LogP contribution in [0.1, 0.15) is 5.56 Å². The number of rotatable bonds is 3. The molecule has 0 unspecified atom stereocenters. The Morgan fingerprint density at radius 1 is 1.40 bits per heavy atom. The van der Waals surface area contributed by atoms with Crippen molar-refractivity contribution in [2.24, 2.45) is 0 Å². The van der Waals surface area contributed by atoms with Gasteiger partial charge in [0.2, 0.25) is 5.82 Å². The fourth-order valence-electron chi connectivity index (χ4n) is 1.58. The Kier molecular flexibility index (Phi) is 3.66. The van der Waals surface area contributed by atoms with Crippen LogP contribution in [0.3, 0.4) is 0 Å². The largest absolute Gasteiger partial charge is 0.328 e. The number of hydrogen-bond donors (Lipinski definition) is 1. The standard InChI is InChI=1S/C11H7ClFN3O4/c12-8-2-1-7(16(19)20)3-6(8)4-15-5-9(13)10(17)14-11(15)18/h1-3,5H,4H2,(H,14,17,18). The van der Waals surface area contributed by atoms with Crippen LogP contribution in [0.15, 0.2) is 34.0 Å². The van der Waals surface area contributed by atoms with Crippen molar-refractivity contribution >= 4 is 17.3 Å². The van der Waals surface area contributed by atoms with Gasteiger partial charge < -0.3 is 0 Å². The summed E-state index contributed by atoms with van der Waals surface area (Å²) in [6.07, 6.45) is 0.719. The summed E-state index contributed by atoms with van der Waals surface area (Å²) in [6, 6.07) is 3.70. The first-order valence-electron chi connectivity index (χ1n) is 5.30. The van der Waals surface area contributed by atoms with E-state index < -0.39 is 22.0 Å². The van der Waals surface area contributed by atoms with E-state index in [0.29, 0.717) is 0 Å². The van der Waals surface area contributed by atoms with Crippen LogP contribution in [-0.4, -0.2) is 14.5 Å². The molecule has 0 aliphatic carbocycles. The van der Waals surface area contributed by atoms with E-state index in [9.17, 15) is 24.1 Å². The second kappa shape index (κ2) is 5.25. The first-order valence-corrected chi connectivity index (χ1v) is 5.68. The van der Waals surface area contributed by atoms with Gasteiger partial charge in [0.25, 0.3) is 11.2 Å². The summed E-state index contributed by atoms with van der Waals surface area (Å²) in [5.74, 6) is -1.13. The summed E-state index contributed by atoms with van der Waals surface area (Å²) in [4.78, 5) is 34.2. The van der Waals surface area contributed by atoms with Crippen LogP contribution in [0.4, 0.5) is 10.1 Å². The van der Waals surface area contributed by atoms with Gasteiger partial charge in [0.15, 0.2) is 0 Å². The summed E-state index contributed by atoms with van der Waals surface area (Å²) in [5, 5.41) is 10.9. The van der Waals surface area contributed by atoms with Crippen LogP contribution in [0.25, 0.3) is 0 Å². The molecule has 1 heterocycles. The molecule has 0 saturated heterocycles. The average Bonchev–Trinajstić information content (AvgIpc) is 2.38. The number of nitrogens with zero attached hydrogens (tertiary/aromatic N) is 2. The van der Waals surface area contributed by atoms with E-state index in [1.165, 1.54) is 18.2 Å². The van der Waals surface area contributed by atoms with Crippen molar-refractivity contribution in [3.63, 3.8) is 0 Å². The fourth-order valence-corrected chi connectivity index (χ4v) is 1.76. The highest BCUT2D eigenvalue weighted by molar-refractivity contribution is 6.31. The summed E-state index contributed by atoms with van der Waals surface area (Å²) in [6.45, 7) is -0.201. The lowest BCUT2D eigenvalue weighted by Gasteiger charge is -2.07. The second-order valence-corrected chi connectivity index (χ2v) is 4.30. The van der Waals surface area contributed by atoms with E-state index >= 15 is 0 Å². The molecule has 0 saturated carbocycles. The van der Waals surface area contributed by atoms with E-state index in [-0.39, 0.29) is 22.8 Å². The Hall–Kier alpha value is -2.48. The van der Waals surface area contributed by atoms with E-state index in [2.05, 4.69) is 0 Å². The second-order valence-electron chi connectivity index (χ2n) is 3.90. The quantitative estimate of drug-likeness (QED) is 0.682. The average molecular weight is 300 g/mol. The summed E-state index contributed by atoms with van der Waals surface area (Å²) in [7, 11) is 0. The van der Waals surface area contributed by atoms with Gasteiger partial charge in [-0.3, -0.25) is 24.5 Å². The molecular formula is C11H7ClFN3O4. The molecule has 0 amide bonds. The van der Waals surface area contributed by atoms with Crippen molar-refractivity contribution in [2.45, 2.75) is 6.54 Å².